The molecule has 142 valence electrons. The highest BCUT2D eigenvalue weighted by atomic mass is 127. The van der Waals surface area contributed by atoms with Crippen molar-refractivity contribution in [2.75, 3.05) is 25.0 Å². The number of halogens is 1. The van der Waals surface area contributed by atoms with Crippen LogP contribution in [-0.4, -0.2) is 30.5 Å². The lowest BCUT2D eigenvalue weighted by Gasteiger charge is -2.25. The Balaban J connectivity index is 0.00000243. The van der Waals surface area contributed by atoms with Crippen molar-refractivity contribution in [2.24, 2.45) is 10.7 Å². The first kappa shape index (κ1) is 21.2. The third kappa shape index (κ3) is 5.69. The number of benzene rings is 1. The molecule has 0 saturated carbocycles. The summed E-state index contributed by atoms with van der Waals surface area (Å²) in [6.45, 7) is 7.39. The smallest absolute Gasteiger partial charge is 0.193 e. The molecule has 1 unspecified atom stereocenters. The molecule has 0 amide bonds. The summed E-state index contributed by atoms with van der Waals surface area (Å²) in [6, 6.07) is 13.0. The van der Waals surface area contributed by atoms with Gasteiger partial charge in [0.25, 0.3) is 0 Å². The first-order valence-corrected chi connectivity index (χ1v) is 9.96. The molecule has 1 saturated heterocycles. The van der Waals surface area contributed by atoms with E-state index in [1.54, 1.807) is 11.3 Å². The van der Waals surface area contributed by atoms with Crippen LogP contribution in [0, 0.1) is 0 Å². The van der Waals surface area contributed by atoms with Crippen LogP contribution in [-0.2, 0) is 0 Å². The lowest BCUT2D eigenvalue weighted by atomic mass is 10.0. The molecule has 0 spiro atoms. The SMILES string of the molecule is CC(C)c1cccc(NC(N)=NCC(c2cccs2)N2CCCC2)c1.I. The molecule has 1 aromatic heterocycles. The molecule has 1 atom stereocenters. The van der Waals surface area contributed by atoms with Crippen LogP contribution in [0.4, 0.5) is 5.69 Å². The van der Waals surface area contributed by atoms with E-state index in [1.165, 1.54) is 23.3 Å². The normalized spacial score (nSPS) is 16.5. The summed E-state index contributed by atoms with van der Waals surface area (Å²) < 4.78 is 0. The Morgan fingerprint density at radius 1 is 1.23 bits per heavy atom. The van der Waals surface area contributed by atoms with E-state index >= 15 is 0 Å². The number of rotatable bonds is 6. The van der Waals surface area contributed by atoms with Gasteiger partial charge in [0.05, 0.1) is 12.6 Å². The van der Waals surface area contributed by atoms with Gasteiger partial charge in [-0.25, -0.2) is 0 Å². The van der Waals surface area contributed by atoms with Crippen molar-refractivity contribution < 1.29 is 0 Å². The molecule has 3 rings (SSSR count). The maximum absolute atomic E-state index is 6.16. The minimum Gasteiger partial charge on any atom is -0.370 e. The second-order valence-corrected chi connectivity index (χ2v) is 7.88. The monoisotopic (exact) mass is 484 g/mol. The topological polar surface area (TPSA) is 53.6 Å². The van der Waals surface area contributed by atoms with E-state index in [9.17, 15) is 0 Å². The van der Waals surface area contributed by atoms with Gasteiger partial charge < -0.3 is 11.1 Å². The van der Waals surface area contributed by atoms with E-state index in [2.05, 4.69) is 64.8 Å². The van der Waals surface area contributed by atoms with E-state index in [0.29, 0.717) is 24.5 Å². The number of nitrogens with zero attached hydrogens (tertiary/aromatic N) is 2. The Morgan fingerprint density at radius 3 is 2.65 bits per heavy atom. The zero-order valence-electron chi connectivity index (χ0n) is 15.5. The highest BCUT2D eigenvalue weighted by Gasteiger charge is 2.23. The van der Waals surface area contributed by atoms with Gasteiger partial charge in [0.15, 0.2) is 5.96 Å². The number of nitrogens with two attached hydrogens (primary N) is 1. The van der Waals surface area contributed by atoms with Crippen LogP contribution in [0.1, 0.15) is 49.1 Å². The number of anilines is 1. The fourth-order valence-corrected chi connectivity index (χ4v) is 4.12. The van der Waals surface area contributed by atoms with Crippen LogP contribution >= 0.6 is 35.3 Å². The molecular weight excluding hydrogens is 455 g/mol. The van der Waals surface area contributed by atoms with Crippen LogP contribution in [0.15, 0.2) is 46.8 Å². The number of nitrogens with one attached hydrogen (secondary N) is 1. The summed E-state index contributed by atoms with van der Waals surface area (Å²) in [7, 11) is 0. The average molecular weight is 484 g/mol. The predicted molar refractivity (Wildman–Crippen MR) is 124 cm³/mol. The zero-order chi connectivity index (χ0) is 17.6. The maximum atomic E-state index is 6.16. The van der Waals surface area contributed by atoms with Crippen molar-refractivity contribution >= 4 is 47.0 Å². The minimum absolute atomic E-state index is 0. The highest BCUT2D eigenvalue weighted by Crippen LogP contribution is 2.28. The molecule has 0 bridgehead atoms. The summed E-state index contributed by atoms with van der Waals surface area (Å²) in [4.78, 5) is 8.55. The van der Waals surface area contributed by atoms with Gasteiger partial charge in [-0.05, 0) is 61.0 Å². The molecule has 4 nitrogen and oxygen atoms in total. The summed E-state index contributed by atoms with van der Waals surface area (Å²) in [5.41, 5.74) is 8.45. The summed E-state index contributed by atoms with van der Waals surface area (Å²) in [5.74, 6) is 0.986. The number of likely N-dealkylation sites (tertiary alicyclic amines) is 1. The highest BCUT2D eigenvalue weighted by molar-refractivity contribution is 14.0. The molecule has 26 heavy (non-hydrogen) atoms. The second-order valence-electron chi connectivity index (χ2n) is 6.91. The third-order valence-electron chi connectivity index (χ3n) is 4.71. The first-order valence-electron chi connectivity index (χ1n) is 9.08. The molecule has 2 heterocycles. The molecule has 0 aliphatic carbocycles. The zero-order valence-corrected chi connectivity index (χ0v) is 18.7. The van der Waals surface area contributed by atoms with E-state index in [-0.39, 0.29) is 24.0 Å². The van der Waals surface area contributed by atoms with Crippen molar-refractivity contribution in [3.63, 3.8) is 0 Å². The van der Waals surface area contributed by atoms with E-state index in [4.69, 9.17) is 5.73 Å². The molecule has 1 aliphatic rings. The van der Waals surface area contributed by atoms with Crippen molar-refractivity contribution in [2.45, 2.75) is 38.6 Å². The summed E-state index contributed by atoms with van der Waals surface area (Å²) in [6.07, 6.45) is 2.56. The fourth-order valence-electron chi connectivity index (χ4n) is 3.27. The van der Waals surface area contributed by atoms with Crippen molar-refractivity contribution in [1.29, 1.82) is 0 Å². The first-order chi connectivity index (χ1) is 12.1. The largest absolute Gasteiger partial charge is 0.370 e. The van der Waals surface area contributed by atoms with Gasteiger partial charge in [-0.15, -0.1) is 35.3 Å². The Labute approximate surface area is 177 Å². The Hall–Kier alpha value is -1.12. The molecule has 3 N–H and O–H groups in total. The van der Waals surface area contributed by atoms with Gasteiger partial charge in [-0.2, -0.15) is 0 Å². The lowest BCUT2D eigenvalue weighted by Crippen LogP contribution is -2.29. The maximum Gasteiger partial charge on any atom is 0.193 e. The van der Waals surface area contributed by atoms with Gasteiger partial charge in [0.2, 0.25) is 0 Å². The van der Waals surface area contributed by atoms with Gasteiger partial charge in [-0.1, -0.05) is 32.0 Å². The molecule has 1 aromatic carbocycles. The van der Waals surface area contributed by atoms with Crippen molar-refractivity contribution in [3.05, 3.63) is 52.2 Å². The molecule has 1 fully saturated rings. The van der Waals surface area contributed by atoms with Crippen LogP contribution in [0.5, 0.6) is 0 Å². The quantitative estimate of drug-likeness (QED) is 0.343. The lowest BCUT2D eigenvalue weighted by molar-refractivity contribution is 0.255. The molecular formula is C20H29IN4S. The van der Waals surface area contributed by atoms with Crippen LogP contribution in [0.25, 0.3) is 0 Å². The third-order valence-corrected chi connectivity index (χ3v) is 5.69. The Kier molecular flexibility index (Phi) is 8.37. The van der Waals surface area contributed by atoms with Crippen LogP contribution in [0.3, 0.4) is 0 Å². The second kappa shape index (κ2) is 10.3. The molecule has 2 aromatic rings. The van der Waals surface area contributed by atoms with E-state index in [0.717, 1.165) is 18.8 Å². The summed E-state index contributed by atoms with van der Waals surface area (Å²) >= 11 is 1.81. The van der Waals surface area contributed by atoms with Crippen molar-refractivity contribution in [3.8, 4) is 0 Å². The Bertz CT molecular complexity index is 694. The van der Waals surface area contributed by atoms with Gasteiger partial charge in [-0.3, -0.25) is 9.89 Å². The standard InChI is InChI=1S/C20H28N4S.HI/c1-15(2)16-7-5-8-17(13-16)23-20(21)22-14-18(19-9-6-12-25-19)24-10-3-4-11-24;/h5-9,12-13,15,18H,3-4,10-11,14H2,1-2H3,(H3,21,22,23);1H. The summed E-state index contributed by atoms with van der Waals surface area (Å²) in [5, 5.41) is 5.38. The number of guanidine groups is 1. The molecule has 1 aliphatic heterocycles. The predicted octanol–water partition coefficient (Wildman–Crippen LogP) is 5.05. The van der Waals surface area contributed by atoms with E-state index in [1.807, 2.05) is 6.07 Å². The van der Waals surface area contributed by atoms with E-state index < -0.39 is 0 Å². The van der Waals surface area contributed by atoms with Crippen molar-refractivity contribution in [1.82, 2.24) is 4.90 Å². The number of hydrogen-bond acceptors (Lipinski definition) is 3. The van der Waals surface area contributed by atoms with Gasteiger partial charge >= 0.3 is 0 Å². The van der Waals surface area contributed by atoms with Crippen LogP contribution < -0.4 is 11.1 Å². The number of thiophene rings is 1. The average Bonchev–Trinajstić information content (AvgIpc) is 3.29. The van der Waals surface area contributed by atoms with Crippen LogP contribution in [0.2, 0.25) is 0 Å². The number of aliphatic imine (C=N–C) groups is 1. The fraction of sp³-hybridized carbons (Fsp3) is 0.450. The molecule has 0 radical (unpaired) electrons. The minimum atomic E-state index is 0. The van der Waals surface area contributed by atoms with Gasteiger partial charge in [0.1, 0.15) is 0 Å². The molecule has 6 heteroatoms. The Morgan fingerprint density at radius 2 is 2.00 bits per heavy atom. The number of hydrogen-bond donors (Lipinski definition) is 2. The van der Waals surface area contributed by atoms with Gasteiger partial charge in [0, 0.05) is 10.6 Å².